The van der Waals surface area contributed by atoms with Gasteiger partial charge in [0.2, 0.25) is 0 Å². The summed E-state index contributed by atoms with van der Waals surface area (Å²) in [5, 5.41) is 3.43. The predicted molar refractivity (Wildman–Crippen MR) is 69.8 cm³/mol. The lowest BCUT2D eigenvalue weighted by molar-refractivity contribution is 0.175. The predicted octanol–water partition coefficient (Wildman–Crippen LogP) is 3.29. The van der Waals surface area contributed by atoms with E-state index in [1.807, 2.05) is 0 Å². The quantitative estimate of drug-likeness (QED) is 0.830. The molecule has 1 saturated heterocycles. The molecule has 1 aliphatic heterocycles. The van der Waals surface area contributed by atoms with Crippen molar-refractivity contribution in [2.75, 3.05) is 6.54 Å². The molecular weight excluding hydrogens is 248 g/mol. The standard InChI is InChI=1S/C14H17F2N3/c1-14(2)4-3-5-17-12(14)13-18-10-6-8(15)9(16)7-11(10)19-13/h6-7,12,17H,3-5H2,1-2H3,(H,18,19). The van der Waals surface area contributed by atoms with E-state index in [-0.39, 0.29) is 11.5 Å². The topological polar surface area (TPSA) is 40.7 Å². The number of imidazole rings is 1. The third-order valence-corrected chi connectivity index (χ3v) is 3.94. The molecule has 0 spiro atoms. The first-order valence-corrected chi connectivity index (χ1v) is 6.55. The van der Waals surface area contributed by atoms with Crippen molar-refractivity contribution >= 4 is 11.0 Å². The van der Waals surface area contributed by atoms with Crippen LogP contribution in [0.25, 0.3) is 11.0 Å². The van der Waals surface area contributed by atoms with E-state index in [0.29, 0.717) is 11.0 Å². The minimum Gasteiger partial charge on any atom is -0.341 e. The van der Waals surface area contributed by atoms with Gasteiger partial charge in [0.05, 0.1) is 17.1 Å². The summed E-state index contributed by atoms with van der Waals surface area (Å²) < 4.78 is 26.4. The molecule has 102 valence electrons. The van der Waals surface area contributed by atoms with Gasteiger partial charge in [-0.1, -0.05) is 13.8 Å². The van der Waals surface area contributed by atoms with Gasteiger partial charge in [-0.2, -0.15) is 0 Å². The third kappa shape index (κ3) is 2.12. The molecule has 3 rings (SSSR count). The fourth-order valence-corrected chi connectivity index (χ4v) is 2.84. The van der Waals surface area contributed by atoms with Gasteiger partial charge in [0.1, 0.15) is 5.82 Å². The zero-order valence-corrected chi connectivity index (χ0v) is 11.1. The van der Waals surface area contributed by atoms with Gasteiger partial charge in [0.25, 0.3) is 0 Å². The first-order valence-electron chi connectivity index (χ1n) is 6.55. The molecule has 1 aliphatic rings. The zero-order chi connectivity index (χ0) is 13.6. The van der Waals surface area contributed by atoms with Crippen LogP contribution in [-0.4, -0.2) is 16.5 Å². The Balaban J connectivity index is 2.05. The van der Waals surface area contributed by atoms with Crippen LogP contribution in [0.15, 0.2) is 12.1 Å². The lowest BCUT2D eigenvalue weighted by atomic mass is 9.77. The fourth-order valence-electron chi connectivity index (χ4n) is 2.84. The second-order valence-corrected chi connectivity index (χ2v) is 5.88. The van der Waals surface area contributed by atoms with Crippen LogP contribution >= 0.6 is 0 Å². The molecule has 2 N–H and O–H groups in total. The molecule has 0 radical (unpaired) electrons. The molecule has 1 aromatic heterocycles. The Morgan fingerprint density at radius 1 is 1.26 bits per heavy atom. The number of H-pyrrole nitrogens is 1. The molecule has 19 heavy (non-hydrogen) atoms. The lowest BCUT2D eigenvalue weighted by Crippen LogP contribution is -2.40. The molecule has 0 saturated carbocycles. The molecular formula is C14H17F2N3. The van der Waals surface area contributed by atoms with Crippen molar-refractivity contribution in [2.24, 2.45) is 5.41 Å². The molecule has 5 heteroatoms. The van der Waals surface area contributed by atoms with Gasteiger partial charge in [-0.15, -0.1) is 0 Å². The maximum absolute atomic E-state index is 13.2. The van der Waals surface area contributed by atoms with E-state index >= 15 is 0 Å². The first kappa shape index (κ1) is 12.5. The van der Waals surface area contributed by atoms with Gasteiger partial charge in [-0.25, -0.2) is 13.8 Å². The Labute approximate surface area is 110 Å². The molecule has 1 atom stereocenters. The van der Waals surface area contributed by atoms with Crippen LogP contribution in [0.4, 0.5) is 8.78 Å². The number of nitrogens with zero attached hydrogens (tertiary/aromatic N) is 1. The lowest BCUT2D eigenvalue weighted by Gasteiger charge is -2.38. The number of hydrogen-bond donors (Lipinski definition) is 2. The van der Waals surface area contributed by atoms with Crippen molar-refractivity contribution in [1.29, 1.82) is 0 Å². The van der Waals surface area contributed by atoms with Crippen molar-refractivity contribution in [2.45, 2.75) is 32.7 Å². The Morgan fingerprint density at radius 3 is 2.74 bits per heavy atom. The number of nitrogens with one attached hydrogen (secondary N) is 2. The smallest absolute Gasteiger partial charge is 0.161 e. The number of fused-ring (bicyclic) bond motifs is 1. The second-order valence-electron chi connectivity index (χ2n) is 5.88. The largest absolute Gasteiger partial charge is 0.341 e. The van der Waals surface area contributed by atoms with Crippen LogP contribution in [0.3, 0.4) is 0 Å². The average Bonchev–Trinajstić information content (AvgIpc) is 2.71. The van der Waals surface area contributed by atoms with Crippen molar-refractivity contribution in [3.63, 3.8) is 0 Å². The van der Waals surface area contributed by atoms with E-state index in [0.717, 1.165) is 37.3 Å². The zero-order valence-electron chi connectivity index (χ0n) is 11.1. The van der Waals surface area contributed by atoms with Crippen LogP contribution in [0.5, 0.6) is 0 Å². The van der Waals surface area contributed by atoms with Crippen LogP contribution in [0.1, 0.15) is 38.6 Å². The second kappa shape index (κ2) is 4.27. The highest BCUT2D eigenvalue weighted by molar-refractivity contribution is 5.75. The number of benzene rings is 1. The van der Waals surface area contributed by atoms with E-state index in [1.54, 1.807) is 0 Å². The summed E-state index contributed by atoms with van der Waals surface area (Å²) in [5.74, 6) is -0.954. The van der Waals surface area contributed by atoms with Gasteiger partial charge in [-0.05, 0) is 24.8 Å². The molecule has 0 amide bonds. The highest BCUT2D eigenvalue weighted by Gasteiger charge is 2.35. The van der Waals surface area contributed by atoms with Crippen LogP contribution in [0, 0.1) is 17.0 Å². The fraction of sp³-hybridized carbons (Fsp3) is 0.500. The Kier molecular flexibility index (Phi) is 2.82. The molecule has 1 unspecified atom stereocenters. The van der Waals surface area contributed by atoms with Crippen molar-refractivity contribution in [1.82, 2.24) is 15.3 Å². The summed E-state index contributed by atoms with van der Waals surface area (Å²) in [6, 6.07) is 2.39. The summed E-state index contributed by atoms with van der Waals surface area (Å²) in [5.41, 5.74) is 1.08. The number of aromatic amines is 1. The molecule has 3 nitrogen and oxygen atoms in total. The van der Waals surface area contributed by atoms with E-state index in [9.17, 15) is 8.78 Å². The van der Waals surface area contributed by atoms with E-state index in [2.05, 4.69) is 29.1 Å². The van der Waals surface area contributed by atoms with Gasteiger partial charge in [0.15, 0.2) is 11.6 Å². The van der Waals surface area contributed by atoms with Crippen LogP contribution in [-0.2, 0) is 0 Å². The van der Waals surface area contributed by atoms with E-state index in [1.165, 1.54) is 0 Å². The third-order valence-electron chi connectivity index (χ3n) is 3.94. The summed E-state index contributed by atoms with van der Waals surface area (Å²) in [6.45, 7) is 5.30. The number of rotatable bonds is 1. The highest BCUT2D eigenvalue weighted by atomic mass is 19.2. The highest BCUT2D eigenvalue weighted by Crippen LogP contribution is 2.39. The summed E-state index contributed by atoms with van der Waals surface area (Å²) in [4.78, 5) is 7.52. The van der Waals surface area contributed by atoms with Gasteiger partial charge >= 0.3 is 0 Å². The summed E-state index contributed by atoms with van der Waals surface area (Å²) in [6.07, 6.45) is 2.23. The minimum atomic E-state index is -0.860. The molecule has 1 fully saturated rings. The van der Waals surface area contributed by atoms with Gasteiger partial charge < -0.3 is 10.3 Å². The summed E-state index contributed by atoms with van der Waals surface area (Å²) in [7, 11) is 0. The number of hydrogen-bond acceptors (Lipinski definition) is 2. The van der Waals surface area contributed by atoms with Gasteiger partial charge in [-0.3, -0.25) is 0 Å². The molecule has 1 aromatic carbocycles. The van der Waals surface area contributed by atoms with Gasteiger partial charge in [0, 0.05) is 12.1 Å². The number of halogens is 2. The Bertz CT molecular complexity index is 579. The SMILES string of the molecule is CC1(C)CCCNC1c1nc2cc(F)c(F)cc2[nH]1. The van der Waals surface area contributed by atoms with Crippen molar-refractivity contribution in [3.05, 3.63) is 29.6 Å². The number of aromatic nitrogens is 2. The van der Waals surface area contributed by atoms with Crippen LogP contribution < -0.4 is 5.32 Å². The van der Waals surface area contributed by atoms with Crippen molar-refractivity contribution < 1.29 is 8.78 Å². The molecule has 2 heterocycles. The van der Waals surface area contributed by atoms with Crippen molar-refractivity contribution in [3.8, 4) is 0 Å². The molecule has 0 bridgehead atoms. The maximum atomic E-state index is 13.2. The normalized spacial score (nSPS) is 22.8. The van der Waals surface area contributed by atoms with E-state index < -0.39 is 11.6 Å². The van der Waals surface area contributed by atoms with Crippen LogP contribution in [0.2, 0.25) is 0 Å². The summed E-state index contributed by atoms with van der Waals surface area (Å²) >= 11 is 0. The monoisotopic (exact) mass is 265 g/mol. The molecule has 0 aliphatic carbocycles. The maximum Gasteiger partial charge on any atom is 0.161 e. The Hall–Kier alpha value is -1.49. The molecule has 2 aromatic rings. The minimum absolute atomic E-state index is 0.0726. The van der Waals surface area contributed by atoms with E-state index in [4.69, 9.17) is 0 Å². The first-order chi connectivity index (χ1) is 8.97. The average molecular weight is 265 g/mol. The number of piperidine rings is 1. The Morgan fingerprint density at radius 2 is 2.00 bits per heavy atom.